The molecule has 2 aliphatic rings. The second-order valence-electron chi connectivity index (χ2n) is 5.39. The quantitative estimate of drug-likeness (QED) is 0.741. The smallest absolute Gasteiger partial charge is 0.0700 e. The topological polar surface area (TPSA) is 44.7 Å². The summed E-state index contributed by atoms with van der Waals surface area (Å²) < 4.78 is 5.62. The molecular weight excluding hydrogens is 216 g/mol. The van der Waals surface area contributed by atoms with E-state index in [1.165, 1.54) is 6.42 Å². The maximum absolute atomic E-state index is 9.65. The van der Waals surface area contributed by atoms with E-state index < -0.39 is 0 Å². The zero-order chi connectivity index (χ0) is 12.1. The van der Waals surface area contributed by atoms with Gasteiger partial charge in [-0.15, -0.1) is 0 Å². The van der Waals surface area contributed by atoms with Gasteiger partial charge in [-0.25, -0.2) is 0 Å². The van der Waals surface area contributed by atoms with Gasteiger partial charge in [-0.05, 0) is 45.3 Å². The second kappa shape index (κ2) is 6.14. The molecule has 0 aromatic heterocycles. The van der Waals surface area contributed by atoms with E-state index in [4.69, 9.17) is 4.74 Å². The van der Waals surface area contributed by atoms with Gasteiger partial charge in [0.25, 0.3) is 0 Å². The largest absolute Gasteiger partial charge is 0.394 e. The Morgan fingerprint density at radius 1 is 1.41 bits per heavy atom. The molecule has 0 amide bonds. The van der Waals surface area contributed by atoms with Gasteiger partial charge in [0.2, 0.25) is 0 Å². The van der Waals surface area contributed by atoms with Gasteiger partial charge in [0, 0.05) is 18.7 Å². The molecule has 0 aliphatic carbocycles. The molecule has 100 valence electrons. The minimum atomic E-state index is -0.0579. The molecule has 2 heterocycles. The van der Waals surface area contributed by atoms with Crippen molar-refractivity contribution < 1.29 is 9.84 Å². The molecule has 0 spiro atoms. The third-order valence-electron chi connectivity index (χ3n) is 4.29. The Bertz CT molecular complexity index is 221. The predicted octanol–water partition coefficient (Wildman–Crippen LogP) is 0.602. The van der Waals surface area contributed by atoms with E-state index in [2.05, 4.69) is 17.1 Å². The van der Waals surface area contributed by atoms with Gasteiger partial charge < -0.3 is 20.1 Å². The summed E-state index contributed by atoms with van der Waals surface area (Å²) in [5, 5.41) is 13.2. The van der Waals surface area contributed by atoms with Crippen LogP contribution in [0.4, 0.5) is 0 Å². The lowest BCUT2D eigenvalue weighted by Gasteiger charge is -2.41. The number of nitrogens with one attached hydrogen (secondary N) is 1. The van der Waals surface area contributed by atoms with E-state index in [0.717, 1.165) is 52.0 Å². The fraction of sp³-hybridized carbons (Fsp3) is 1.00. The summed E-state index contributed by atoms with van der Waals surface area (Å²) in [5.74, 6) is 0. The minimum Gasteiger partial charge on any atom is -0.394 e. The first-order valence-electron chi connectivity index (χ1n) is 6.98. The zero-order valence-electron chi connectivity index (χ0n) is 11.0. The number of hydrogen-bond acceptors (Lipinski definition) is 4. The molecule has 1 unspecified atom stereocenters. The Kier molecular flexibility index (Phi) is 4.79. The molecule has 2 fully saturated rings. The zero-order valence-corrected chi connectivity index (χ0v) is 11.0. The molecule has 0 radical (unpaired) electrons. The SMILES string of the molecule is CCN1CCC(CO)(NCC2CCCO2)CC1. The van der Waals surface area contributed by atoms with E-state index >= 15 is 0 Å². The molecule has 2 rings (SSSR count). The number of ether oxygens (including phenoxy) is 1. The Morgan fingerprint density at radius 2 is 2.18 bits per heavy atom. The van der Waals surface area contributed by atoms with Crippen molar-refractivity contribution in [2.45, 2.75) is 44.2 Å². The third-order valence-corrected chi connectivity index (χ3v) is 4.29. The van der Waals surface area contributed by atoms with Gasteiger partial charge in [0.15, 0.2) is 0 Å². The third kappa shape index (κ3) is 3.41. The van der Waals surface area contributed by atoms with Crippen molar-refractivity contribution >= 4 is 0 Å². The summed E-state index contributed by atoms with van der Waals surface area (Å²) in [6, 6.07) is 0. The van der Waals surface area contributed by atoms with Gasteiger partial charge in [0.1, 0.15) is 0 Å². The summed E-state index contributed by atoms with van der Waals surface area (Å²) in [6.07, 6.45) is 4.80. The maximum Gasteiger partial charge on any atom is 0.0700 e. The van der Waals surface area contributed by atoms with Crippen LogP contribution in [0.25, 0.3) is 0 Å². The van der Waals surface area contributed by atoms with Gasteiger partial charge >= 0.3 is 0 Å². The molecular formula is C13H26N2O2. The number of aliphatic hydroxyl groups is 1. The second-order valence-corrected chi connectivity index (χ2v) is 5.39. The first-order chi connectivity index (χ1) is 8.28. The maximum atomic E-state index is 9.65. The molecule has 1 atom stereocenters. The van der Waals surface area contributed by atoms with Gasteiger partial charge in [0.05, 0.1) is 12.7 Å². The monoisotopic (exact) mass is 242 g/mol. The predicted molar refractivity (Wildman–Crippen MR) is 68.1 cm³/mol. The summed E-state index contributed by atoms with van der Waals surface area (Å²) in [4.78, 5) is 2.45. The number of hydrogen-bond donors (Lipinski definition) is 2. The summed E-state index contributed by atoms with van der Waals surface area (Å²) >= 11 is 0. The molecule has 2 N–H and O–H groups in total. The van der Waals surface area contributed by atoms with Crippen LogP contribution in [0.5, 0.6) is 0 Å². The summed E-state index contributed by atoms with van der Waals surface area (Å²) in [5.41, 5.74) is -0.0579. The molecule has 2 aliphatic heterocycles. The first-order valence-corrected chi connectivity index (χ1v) is 6.98. The van der Waals surface area contributed by atoms with Crippen LogP contribution in [0.15, 0.2) is 0 Å². The number of likely N-dealkylation sites (tertiary alicyclic amines) is 1. The van der Waals surface area contributed by atoms with Crippen LogP contribution in [-0.4, -0.2) is 61.0 Å². The van der Waals surface area contributed by atoms with Crippen molar-refractivity contribution in [2.24, 2.45) is 0 Å². The Morgan fingerprint density at radius 3 is 2.71 bits per heavy atom. The lowest BCUT2D eigenvalue weighted by molar-refractivity contribution is 0.0559. The van der Waals surface area contributed by atoms with E-state index in [0.29, 0.717) is 6.10 Å². The van der Waals surface area contributed by atoms with Crippen molar-refractivity contribution in [2.75, 3.05) is 39.4 Å². The normalized spacial score (nSPS) is 29.6. The van der Waals surface area contributed by atoms with Gasteiger partial charge in [-0.3, -0.25) is 0 Å². The molecule has 4 heteroatoms. The van der Waals surface area contributed by atoms with Crippen molar-refractivity contribution in [1.29, 1.82) is 0 Å². The van der Waals surface area contributed by atoms with Crippen LogP contribution in [0, 0.1) is 0 Å². The molecule has 0 aromatic carbocycles. The fourth-order valence-electron chi connectivity index (χ4n) is 2.82. The number of nitrogens with zero attached hydrogens (tertiary/aromatic N) is 1. The Hall–Kier alpha value is -0.160. The molecule has 17 heavy (non-hydrogen) atoms. The van der Waals surface area contributed by atoms with Crippen LogP contribution in [0.2, 0.25) is 0 Å². The van der Waals surface area contributed by atoms with Crippen molar-refractivity contribution in [3.8, 4) is 0 Å². The van der Waals surface area contributed by atoms with Crippen molar-refractivity contribution in [3.63, 3.8) is 0 Å². The Labute approximate surface area is 104 Å². The van der Waals surface area contributed by atoms with E-state index in [1.54, 1.807) is 0 Å². The lowest BCUT2D eigenvalue weighted by atomic mass is 9.88. The average molecular weight is 242 g/mol. The number of aliphatic hydroxyl groups excluding tert-OH is 1. The van der Waals surface area contributed by atoms with Gasteiger partial charge in [-0.1, -0.05) is 6.92 Å². The highest BCUT2D eigenvalue weighted by molar-refractivity contribution is 4.93. The van der Waals surface area contributed by atoms with Crippen molar-refractivity contribution in [3.05, 3.63) is 0 Å². The van der Waals surface area contributed by atoms with Gasteiger partial charge in [-0.2, -0.15) is 0 Å². The van der Waals surface area contributed by atoms with E-state index in [1.807, 2.05) is 0 Å². The minimum absolute atomic E-state index is 0.0579. The van der Waals surface area contributed by atoms with Crippen LogP contribution in [0.3, 0.4) is 0 Å². The molecule has 0 saturated carbocycles. The number of rotatable bonds is 5. The summed E-state index contributed by atoms with van der Waals surface area (Å²) in [6.45, 7) is 7.55. The standard InChI is InChI=1S/C13H26N2O2/c1-2-15-7-5-13(11-16,6-8-15)14-10-12-4-3-9-17-12/h12,14,16H,2-11H2,1H3. The Balaban J connectivity index is 1.78. The summed E-state index contributed by atoms with van der Waals surface area (Å²) in [7, 11) is 0. The molecule has 0 aromatic rings. The number of piperidine rings is 1. The highest BCUT2D eigenvalue weighted by atomic mass is 16.5. The average Bonchev–Trinajstić information content (AvgIpc) is 2.90. The lowest BCUT2D eigenvalue weighted by Crippen LogP contribution is -2.57. The van der Waals surface area contributed by atoms with Crippen LogP contribution < -0.4 is 5.32 Å². The van der Waals surface area contributed by atoms with Crippen molar-refractivity contribution in [1.82, 2.24) is 10.2 Å². The van der Waals surface area contributed by atoms with Crippen LogP contribution in [-0.2, 0) is 4.74 Å². The van der Waals surface area contributed by atoms with Crippen LogP contribution >= 0.6 is 0 Å². The first kappa shape index (κ1) is 13.3. The highest BCUT2D eigenvalue weighted by Gasteiger charge is 2.34. The molecule has 0 bridgehead atoms. The van der Waals surface area contributed by atoms with E-state index in [9.17, 15) is 5.11 Å². The van der Waals surface area contributed by atoms with E-state index in [-0.39, 0.29) is 12.1 Å². The highest BCUT2D eigenvalue weighted by Crippen LogP contribution is 2.22. The molecule has 2 saturated heterocycles. The molecule has 4 nitrogen and oxygen atoms in total. The van der Waals surface area contributed by atoms with Crippen LogP contribution in [0.1, 0.15) is 32.6 Å². The fourth-order valence-corrected chi connectivity index (χ4v) is 2.82.